The fourth-order valence-electron chi connectivity index (χ4n) is 7.93. The summed E-state index contributed by atoms with van der Waals surface area (Å²) in [6, 6.07) is 63.4. The first-order valence-electron chi connectivity index (χ1n) is 17.3. The molecule has 0 radical (unpaired) electrons. The first-order chi connectivity index (χ1) is 24.8. The van der Waals surface area contributed by atoms with E-state index in [4.69, 9.17) is 4.99 Å². The van der Waals surface area contributed by atoms with E-state index in [1.54, 1.807) is 0 Å². The second-order valence-corrected chi connectivity index (χ2v) is 13.2. The Hall–Kier alpha value is -6.45. The topological polar surface area (TPSA) is 22.2 Å². The standard InChI is InChI=1S/C47H33N3/c1-4-14-32(15-5-1)36-29-42(33-16-6-2-7-17-33)48-47(31-36)50-44-23-13-10-20-38(44)40-26-24-35(30-46(40)50)34-25-27-45-41(28-34)39-21-11-12-22-43(39)49(45)37-18-8-3-9-19-37/h1-30,36H,31H2. The van der Waals surface area contributed by atoms with E-state index in [1.165, 1.54) is 66.0 Å². The van der Waals surface area contributed by atoms with Crippen LogP contribution in [0.4, 0.5) is 0 Å². The molecule has 50 heavy (non-hydrogen) atoms. The Labute approximate surface area is 290 Å². The van der Waals surface area contributed by atoms with Crippen LogP contribution in [0, 0.1) is 0 Å². The number of nitrogens with zero attached hydrogens (tertiary/aromatic N) is 3. The van der Waals surface area contributed by atoms with Crippen molar-refractivity contribution in [3.8, 4) is 16.8 Å². The van der Waals surface area contributed by atoms with Gasteiger partial charge in [-0.15, -0.1) is 0 Å². The monoisotopic (exact) mass is 639 g/mol. The Kier molecular flexibility index (Phi) is 6.63. The van der Waals surface area contributed by atoms with E-state index in [0.717, 1.165) is 23.5 Å². The number of allylic oxidation sites excluding steroid dienone is 1. The lowest BCUT2D eigenvalue weighted by atomic mass is 9.91. The van der Waals surface area contributed by atoms with Crippen LogP contribution >= 0.6 is 0 Å². The summed E-state index contributed by atoms with van der Waals surface area (Å²) in [7, 11) is 0. The number of rotatable bonds is 4. The molecule has 2 aromatic heterocycles. The maximum absolute atomic E-state index is 5.42. The summed E-state index contributed by atoms with van der Waals surface area (Å²) in [6.07, 6.45) is 3.15. The highest BCUT2D eigenvalue weighted by atomic mass is 15.1. The number of benzene rings is 7. The molecular formula is C47H33N3. The smallest absolute Gasteiger partial charge is 0.115 e. The third kappa shape index (κ3) is 4.62. The number of aromatic nitrogens is 2. The van der Waals surface area contributed by atoms with Crippen molar-refractivity contribution in [2.45, 2.75) is 12.3 Å². The molecule has 0 bridgehead atoms. The second-order valence-electron chi connectivity index (χ2n) is 13.2. The van der Waals surface area contributed by atoms with Crippen LogP contribution in [0.15, 0.2) is 187 Å². The molecule has 0 amide bonds. The van der Waals surface area contributed by atoms with Crippen LogP contribution in [0.3, 0.4) is 0 Å². The SMILES string of the molecule is C1=C(c2ccccc2)N=C(n2c3ccccc3c3ccc(-c4ccc5c(c4)c4ccccc4n5-c4ccccc4)cc32)CC1c1ccccc1. The number of fused-ring (bicyclic) bond motifs is 6. The van der Waals surface area contributed by atoms with Crippen LogP contribution in [-0.4, -0.2) is 15.0 Å². The molecule has 7 aromatic carbocycles. The molecule has 0 spiro atoms. The molecule has 0 N–H and O–H groups in total. The van der Waals surface area contributed by atoms with Crippen molar-refractivity contribution in [1.82, 2.24) is 9.13 Å². The normalized spacial score (nSPS) is 14.8. The van der Waals surface area contributed by atoms with Gasteiger partial charge in [-0.25, -0.2) is 4.99 Å². The molecule has 0 fully saturated rings. The number of hydrogen-bond donors (Lipinski definition) is 0. The van der Waals surface area contributed by atoms with E-state index in [2.05, 4.69) is 191 Å². The van der Waals surface area contributed by atoms with Crippen LogP contribution < -0.4 is 0 Å². The lowest BCUT2D eigenvalue weighted by Crippen LogP contribution is -2.18. The Morgan fingerprint density at radius 1 is 0.420 bits per heavy atom. The van der Waals surface area contributed by atoms with Gasteiger partial charge in [0.2, 0.25) is 0 Å². The highest BCUT2D eigenvalue weighted by Gasteiger charge is 2.24. The minimum atomic E-state index is 0.211. The molecule has 9 aromatic rings. The zero-order valence-corrected chi connectivity index (χ0v) is 27.4. The van der Waals surface area contributed by atoms with Gasteiger partial charge < -0.3 is 4.57 Å². The highest BCUT2D eigenvalue weighted by Crippen LogP contribution is 2.39. The van der Waals surface area contributed by atoms with Gasteiger partial charge in [0.1, 0.15) is 5.84 Å². The van der Waals surface area contributed by atoms with Crippen LogP contribution in [0.25, 0.3) is 66.1 Å². The van der Waals surface area contributed by atoms with Gasteiger partial charge in [-0.3, -0.25) is 4.57 Å². The van der Waals surface area contributed by atoms with Gasteiger partial charge in [-0.1, -0.05) is 140 Å². The molecular weight excluding hydrogens is 607 g/mol. The number of hydrogen-bond acceptors (Lipinski definition) is 1. The predicted octanol–water partition coefficient (Wildman–Crippen LogP) is 12.0. The summed E-state index contributed by atoms with van der Waals surface area (Å²) in [6.45, 7) is 0. The molecule has 236 valence electrons. The number of para-hydroxylation sites is 3. The fraction of sp³-hybridized carbons (Fsp3) is 0.0426. The van der Waals surface area contributed by atoms with Crippen molar-refractivity contribution in [1.29, 1.82) is 0 Å². The zero-order chi connectivity index (χ0) is 33.0. The second kappa shape index (κ2) is 11.6. The average Bonchev–Trinajstić information content (AvgIpc) is 3.71. The molecule has 0 saturated heterocycles. The molecule has 1 unspecified atom stereocenters. The van der Waals surface area contributed by atoms with E-state index in [1.807, 2.05) is 0 Å². The van der Waals surface area contributed by atoms with Crippen LogP contribution in [-0.2, 0) is 0 Å². The molecule has 3 nitrogen and oxygen atoms in total. The lowest BCUT2D eigenvalue weighted by molar-refractivity contribution is 0.857. The minimum absolute atomic E-state index is 0.211. The van der Waals surface area contributed by atoms with Gasteiger partial charge >= 0.3 is 0 Å². The average molecular weight is 640 g/mol. The third-order valence-electron chi connectivity index (χ3n) is 10.3. The van der Waals surface area contributed by atoms with Gasteiger partial charge in [0.25, 0.3) is 0 Å². The van der Waals surface area contributed by atoms with Crippen molar-refractivity contribution in [2.75, 3.05) is 0 Å². The van der Waals surface area contributed by atoms with Crippen molar-refractivity contribution < 1.29 is 0 Å². The Balaban J connectivity index is 1.17. The van der Waals surface area contributed by atoms with E-state index in [9.17, 15) is 0 Å². The molecule has 0 saturated carbocycles. The summed E-state index contributed by atoms with van der Waals surface area (Å²) in [5.41, 5.74) is 11.8. The Bertz CT molecular complexity index is 2770. The summed E-state index contributed by atoms with van der Waals surface area (Å²) >= 11 is 0. The summed E-state index contributed by atoms with van der Waals surface area (Å²) in [5, 5.41) is 4.99. The van der Waals surface area contributed by atoms with Crippen molar-refractivity contribution >= 4 is 55.1 Å². The van der Waals surface area contributed by atoms with Gasteiger partial charge in [-0.05, 0) is 64.7 Å². The van der Waals surface area contributed by atoms with Crippen molar-refractivity contribution in [2.24, 2.45) is 4.99 Å². The first kappa shape index (κ1) is 28.6. The lowest BCUT2D eigenvalue weighted by Gasteiger charge is -2.23. The molecule has 1 atom stereocenters. The highest BCUT2D eigenvalue weighted by molar-refractivity contribution is 6.16. The van der Waals surface area contributed by atoms with E-state index < -0.39 is 0 Å². The largest absolute Gasteiger partial charge is 0.309 e. The maximum Gasteiger partial charge on any atom is 0.115 e. The third-order valence-corrected chi connectivity index (χ3v) is 10.3. The molecule has 3 heterocycles. The molecule has 10 rings (SSSR count). The zero-order valence-electron chi connectivity index (χ0n) is 27.4. The predicted molar refractivity (Wildman–Crippen MR) is 210 cm³/mol. The van der Waals surface area contributed by atoms with Gasteiger partial charge in [0.15, 0.2) is 0 Å². The summed E-state index contributed by atoms with van der Waals surface area (Å²) in [5.74, 6) is 1.27. The minimum Gasteiger partial charge on any atom is -0.309 e. The van der Waals surface area contributed by atoms with Gasteiger partial charge in [-0.2, -0.15) is 0 Å². The molecule has 1 aliphatic rings. The number of aliphatic imine (C=N–C) groups is 1. The maximum atomic E-state index is 5.42. The fourth-order valence-corrected chi connectivity index (χ4v) is 7.93. The van der Waals surface area contributed by atoms with Gasteiger partial charge in [0.05, 0.1) is 27.8 Å². The van der Waals surface area contributed by atoms with Crippen molar-refractivity contribution in [3.05, 3.63) is 193 Å². The Morgan fingerprint density at radius 2 is 0.980 bits per heavy atom. The van der Waals surface area contributed by atoms with Crippen molar-refractivity contribution in [3.63, 3.8) is 0 Å². The van der Waals surface area contributed by atoms with Crippen LogP contribution in [0.5, 0.6) is 0 Å². The quantitative estimate of drug-likeness (QED) is 0.183. The Morgan fingerprint density at radius 3 is 1.74 bits per heavy atom. The van der Waals surface area contributed by atoms with Crippen LogP contribution in [0.1, 0.15) is 23.5 Å². The first-order valence-corrected chi connectivity index (χ1v) is 17.3. The molecule has 0 aliphatic carbocycles. The van der Waals surface area contributed by atoms with Crippen LogP contribution in [0.2, 0.25) is 0 Å². The van der Waals surface area contributed by atoms with E-state index in [0.29, 0.717) is 0 Å². The molecule has 3 heteroatoms. The van der Waals surface area contributed by atoms with E-state index >= 15 is 0 Å². The summed E-state index contributed by atoms with van der Waals surface area (Å²) in [4.78, 5) is 5.42. The summed E-state index contributed by atoms with van der Waals surface area (Å²) < 4.78 is 4.79. The molecule has 1 aliphatic heterocycles. The van der Waals surface area contributed by atoms with E-state index in [-0.39, 0.29) is 5.92 Å². The van der Waals surface area contributed by atoms with Gasteiger partial charge in [0, 0.05) is 39.6 Å².